The highest BCUT2D eigenvalue weighted by Crippen LogP contribution is 2.21. The normalized spacial score (nSPS) is 18.4. The first kappa shape index (κ1) is 12.5. The van der Waals surface area contributed by atoms with E-state index in [-0.39, 0.29) is 0 Å². The van der Waals surface area contributed by atoms with Crippen molar-refractivity contribution in [2.24, 2.45) is 0 Å². The number of rotatable bonds is 3. The Bertz CT molecular complexity index is 307. The van der Waals surface area contributed by atoms with Gasteiger partial charge >= 0.3 is 0 Å². The maximum Gasteiger partial charge on any atom is 0.0342 e. The van der Waals surface area contributed by atoms with Gasteiger partial charge in [-0.1, -0.05) is 51.2 Å². The van der Waals surface area contributed by atoms with Crippen LogP contribution in [0.3, 0.4) is 0 Å². The maximum absolute atomic E-state index is 3.70. The van der Waals surface area contributed by atoms with E-state index in [1.54, 1.807) is 0 Å². The van der Waals surface area contributed by atoms with Gasteiger partial charge in [-0.15, -0.1) is 0 Å². The Morgan fingerprint density at radius 3 is 2.12 bits per heavy atom. The molecule has 0 amide bonds. The Kier molecular flexibility index (Phi) is 4.90. The lowest BCUT2D eigenvalue weighted by Crippen LogP contribution is -2.20. The second-order valence-electron chi connectivity index (χ2n) is 5.24. The highest BCUT2D eigenvalue weighted by atomic mass is 14.9. The molecule has 0 heterocycles. The summed E-state index contributed by atoms with van der Waals surface area (Å²) >= 11 is 0. The number of aryl methyl sites for hydroxylation is 1. The molecule has 0 saturated heterocycles. The molecule has 1 aliphatic rings. The van der Waals surface area contributed by atoms with Crippen molar-refractivity contribution in [1.29, 1.82) is 0 Å². The lowest BCUT2D eigenvalue weighted by Gasteiger charge is -2.22. The summed E-state index contributed by atoms with van der Waals surface area (Å²) in [5, 5.41) is 3.70. The summed E-state index contributed by atoms with van der Waals surface area (Å²) < 4.78 is 0. The fraction of sp³-hybridized carbons (Fsp3) is 0.625. The lowest BCUT2D eigenvalue weighted by atomic mass is 9.96. The van der Waals surface area contributed by atoms with E-state index in [0.29, 0.717) is 6.04 Å². The first-order valence-corrected chi connectivity index (χ1v) is 7.24. The molecule has 1 fully saturated rings. The van der Waals surface area contributed by atoms with Gasteiger partial charge in [0.05, 0.1) is 0 Å². The summed E-state index contributed by atoms with van der Waals surface area (Å²) in [5.74, 6) is 0. The smallest absolute Gasteiger partial charge is 0.0342 e. The molecule has 0 atom stereocenters. The molecule has 0 aliphatic heterocycles. The second kappa shape index (κ2) is 6.68. The Balaban J connectivity index is 1.88. The van der Waals surface area contributed by atoms with E-state index in [0.717, 1.165) is 6.42 Å². The maximum atomic E-state index is 3.70. The highest BCUT2D eigenvalue weighted by Gasteiger charge is 2.10. The molecule has 0 radical (unpaired) electrons. The first-order valence-electron chi connectivity index (χ1n) is 7.24. The predicted octanol–water partition coefficient (Wildman–Crippen LogP) is 4.77. The number of nitrogens with one attached hydrogen (secondary N) is 1. The molecule has 2 rings (SSSR count). The number of hydrogen-bond acceptors (Lipinski definition) is 1. The number of hydrogen-bond donors (Lipinski definition) is 1. The third-order valence-corrected chi connectivity index (χ3v) is 3.84. The van der Waals surface area contributed by atoms with E-state index >= 15 is 0 Å². The van der Waals surface area contributed by atoms with Crippen LogP contribution in [0.1, 0.15) is 57.4 Å². The fourth-order valence-electron chi connectivity index (χ4n) is 2.67. The van der Waals surface area contributed by atoms with Gasteiger partial charge in [0, 0.05) is 11.7 Å². The second-order valence-corrected chi connectivity index (χ2v) is 5.24. The molecule has 17 heavy (non-hydrogen) atoms. The van der Waals surface area contributed by atoms with E-state index in [2.05, 4.69) is 36.5 Å². The molecule has 0 bridgehead atoms. The predicted molar refractivity (Wildman–Crippen MR) is 75.5 cm³/mol. The first-order chi connectivity index (χ1) is 8.38. The van der Waals surface area contributed by atoms with Gasteiger partial charge in [-0.05, 0) is 37.0 Å². The number of anilines is 1. The van der Waals surface area contributed by atoms with E-state index < -0.39 is 0 Å². The quantitative estimate of drug-likeness (QED) is 0.790. The van der Waals surface area contributed by atoms with Crippen LogP contribution in [-0.2, 0) is 6.42 Å². The van der Waals surface area contributed by atoms with E-state index in [1.165, 1.54) is 56.2 Å². The summed E-state index contributed by atoms with van der Waals surface area (Å²) in [4.78, 5) is 0. The summed E-state index contributed by atoms with van der Waals surface area (Å²) in [5.41, 5.74) is 2.72. The van der Waals surface area contributed by atoms with Crippen LogP contribution in [0, 0.1) is 0 Å². The lowest BCUT2D eigenvalue weighted by molar-refractivity contribution is 0.471. The third-order valence-electron chi connectivity index (χ3n) is 3.84. The van der Waals surface area contributed by atoms with E-state index in [1.807, 2.05) is 0 Å². The van der Waals surface area contributed by atoms with Gasteiger partial charge < -0.3 is 5.32 Å². The summed E-state index contributed by atoms with van der Waals surface area (Å²) in [6.45, 7) is 2.21. The molecule has 0 aromatic heterocycles. The van der Waals surface area contributed by atoms with Crippen LogP contribution in [-0.4, -0.2) is 6.04 Å². The monoisotopic (exact) mass is 231 g/mol. The minimum absolute atomic E-state index is 0.697. The molecule has 94 valence electrons. The standard InChI is InChI=1S/C16H25N/c1-2-14-10-12-16(13-11-14)17-15-8-6-4-3-5-7-9-15/h10-13,15,17H,2-9H2,1H3. The van der Waals surface area contributed by atoms with Gasteiger partial charge in [-0.2, -0.15) is 0 Å². The van der Waals surface area contributed by atoms with Crippen molar-refractivity contribution in [3.05, 3.63) is 29.8 Å². The van der Waals surface area contributed by atoms with Crippen molar-refractivity contribution in [2.45, 2.75) is 64.3 Å². The third kappa shape index (κ3) is 4.07. The van der Waals surface area contributed by atoms with Crippen LogP contribution in [0.2, 0.25) is 0 Å². The average molecular weight is 231 g/mol. The Hall–Kier alpha value is -0.980. The van der Waals surface area contributed by atoms with Crippen LogP contribution in [0.15, 0.2) is 24.3 Å². The highest BCUT2D eigenvalue weighted by molar-refractivity contribution is 5.45. The largest absolute Gasteiger partial charge is 0.382 e. The molecule has 1 nitrogen and oxygen atoms in total. The molecule has 1 saturated carbocycles. The zero-order valence-corrected chi connectivity index (χ0v) is 11.0. The van der Waals surface area contributed by atoms with E-state index in [9.17, 15) is 0 Å². The Labute approximate surface area is 106 Å². The van der Waals surface area contributed by atoms with Crippen LogP contribution in [0.25, 0.3) is 0 Å². The van der Waals surface area contributed by atoms with Crippen molar-refractivity contribution >= 4 is 5.69 Å². The van der Waals surface area contributed by atoms with Gasteiger partial charge in [0.15, 0.2) is 0 Å². The van der Waals surface area contributed by atoms with Crippen LogP contribution in [0.4, 0.5) is 5.69 Å². The van der Waals surface area contributed by atoms with Gasteiger partial charge in [0.1, 0.15) is 0 Å². The molecular weight excluding hydrogens is 206 g/mol. The number of benzene rings is 1. The molecule has 1 aromatic rings. The summed E-state index contributed by atoms with van der Waals surface area (Å²) in [6, 6.07) is 9.65. The SMILES string of the molecule is CCc1ccc(NC2CCCCCCC2)cc1. The van der Waals surface area contributed by atoms with Crippen LogP contribution >= 0.6 is 0 Å². The average Bonchev–Trinajstić information content (AvgIpc) is 2.33. The van der Waals surface area contributed by atoms with E-state index in [4.69, 9.17) is 0 Å². The van der Waals surface area contributed by atoms with Crippen molar-refractivity contribution in [3.8, 4) is 0 Å². The Morgan fingerprint density at radius 2 is 1.53 bits per heavy atom. The molecule has 1 N–H and O–H groups in total. The fourth-order valence-corrected chi connectivity index (χ4v) is 2.67. The van der Waals surface area contributed by atoms with Crippen LogP contribution in [0.5, 0.6) is 0 Å². The molecule has 1 aromatic carbocycles. The minimum atomic E-state index is 0.697. The molecule has 1 aliphatic carbocycles. The van der Waals surface area contributed by atoms with Gasteiger partial charge in [-0.25, -0.2) is 0 Å². The Morgan fingerprint density at radius 1 is 0.941 bits per heavy atom. The minimum Gasteiger partial charge on any atom is -0.382 e. The van der Waals surface area contributed by atoms with Gasteiger partial charge in [0.2, 0.25) is 0 Å². The van der Waals surface area contributed by atoms with Crippen LogP contribution < -0.4 is 5.32 Å². The molecule has 0 spiro atoms. The summed E-state index contributed by atoms with van der Waals surface area (Å²) in [6.07, 6.45) is 10.9. The zero-order chi connectivity index (χ0) is 11.9. The molecule has 0 unspecified atom stereocenters. The van der Waals surface area contributed by atoms with Gasteiger partial charge in [0.25, 0.3) is 0 Å². The van der Waals surface area contributed by atoms with Crippen molar-refractivity contribution in [3.63, 3.8) is 0 Å². The van der Waals surface area contributed by atoms with Crippen molar-refractivity contribution < 1.29 is 0 Å². The van der Waals surface area contributed by atoms with Gasteiger partial charge in [-0.3, -0.25) is 0 Å². The molecule has 1 heteroatoms. The molecular formula is C16H25N. The van der Waals surface area contributed by atoms with Crippen molar-refractivity contribution in [1.82, 2.24) is 0 Å². The van der Waals surface area contributed by atoms with Crippen molar-refractivity contribution in [2.75, 3.05) is 5.32 Å². The summed E-state index contributed by atoms with van der Waals surface area (Å²) in [7, 11) is 0. The topological polar surface area (TPSA) is 12.0 Å². The zero-order valence-electron chi connectivity index (χ0n) is 11.0.